The molecule has 0 spiro atoms. The Morgan fingerprint density at radius 1 is 1.50 bits per heavy atom. The third kappa shape index (κ3) is 1.41. The molecule has 1 aliphatic heterocycles. The van der Waals surface area contributed by atoms with Gasteiger partial charge >= 0.3 is 86.5 Å². The molecule has 0 bridgehead atoms. The average Bonchev–Trinajstić information content (AvgIpc) is 2.42. The number of carbonyl (C=O) groups excluding carboxylic acids is 1. The second-order valence-corrected chi connectivity index (χ2v) is 6.33. The number of hydrogen-bond acceptors (Lipinski definition) is 3. The number of anilines is 1. The Morgan fingerprint density at radius 3 is 2.86 bits per heavy atom. The number of nitrogens with zero attached hydrogens (tertiary/aromatic N) is 1. The van der Waals surface area contributed by atoms with E-state index in [0.717, 1.165) is 10.1 Å². The van der Waals surface area contributed by atoms with Crippen LogP contribution in [0.3, 0.4) is 0 Å². The molecule has 1 aliphatic rings. The van der Waals surface area contributed by atoms with E-state index in [1.165, 1.54) is 6.92 Å². The van der Waals surface area contributed by atoms with Crippen molar-refractivity contribution in [2.24, 2.45) is 0 Å². The summed E-state index contributed by atoms with van der Waals surface area (Å²) < 4.78 is 12.6. The number of benzene rings is 1. The van der Waals surface area contributed by atoms with E-state index in [9.17, 15) is 8.63 Å². The second kappa shape index (κ2) is 3.30. The zero-order chi connectivity index (χ0) is 10.3. The molecule has 0 N–H and O–H groups in total. The molecule has 0 aliphatic carbocycles. The van der Waals surface area contributed by atoms with Gasteiger partial charge in [0.1, 0.15) is 0 Å². The molecular formula is C10H11NO2Se. The SMILES string of the molecule is CC(=O)c1ccc2c(c1)[Se](=O)CN2C. The molecular weight excluding hydrogens is 245 g/mol. The van der Waals surface area contributed by atoms with Crippen LogP contribution in [0.25, 0.3) is 0 Å². The summed E-state index contributed by atoms with van der Waals surface area (Å²) in [6.45, 7) is 1.53. The molecule has 1 heterocycles. The third-order valence-electron chi connectivity index (χ3n) is 2.33. The van der Waals surface area contributed by atoms with Crippen LogP contribution in [0.5, 0.6) is 0 Å². The van der Waals surface area contributed by atoms with Gasteiger partial charge in [0.05, 0.1) is 0 Å². The normalized spacial score (nSPS) is 19.6. The molecule has 3 nitrogen and oxygen atoms in total. The summed E-state index contributed by atoms with van der Waals surface area (Å²) in [7, 11) is 1.92. The second-order valence-electron chi connectivity index (χ2n) is 3.41. The zero-order valence-electron chi connectivity index (χ0n) is 8.11. The van der Waals surface area contributed by atoms with Crippen molar-refractivity contribution in [1.82, 2.24) is 0 Å². The summed E-state index contributed by atoms with van der Waals surface area (Å²) in [5.74, 6) is 0.0288. The monoisotopic (exact) mass is 257 g/mol. The van der Waals surface area contributed by atoms with E-state index in [4.69, 9.17) is 0 Å². The van der Waals surface area contributed by atoms with Crippen LogP contribution in [0.1, 0.15) is 17.3 Å². The Balaban J connectivity index is 2.55. The van der Waals surface area contributed by atoms with Crippen LogP contribution in [-0.4, -0.2) is 32.1 Å². The van der Waals surface area contributed by atoms with Gasteiger partial charge in [0.25, 0.3) is 0 Å². The summed E-state index contributed by atoms with van der Waals surface area (Å²) in [5.41, 5.74) is 2.29. The Bertz CT molecular complexity index is 428. The van der Waals surface area contributed by atoms with Crippen molar-refractivity contribution in [3.8, 4) is 0 Å². The molecule has 14 heavy (non-hydrogen) atoms. The summed E-state index contributed by atoms with van der Waals surface area (Å²) in [6.07, 6.45) is 0. The molecule has 2 rings (SSSR count). The number of ketones is 1. The minimum absolute atomic E-state index is 0.0288. The Kier molecular flexibility index (Phi) is 2.25. The van der Waals surface area contributed by atoms with E-state index in [0.29, 0.717) is 11.0 Å². The first-order valence-electron chi connectivity index (χ1n) is 4.34. The summed E-state index contributed by atoms with van der Waals surface area (Å²) in [5, 5.41) is 0. The van der Waals surface area contributed by atoms with Gasteiger partial charge in [-0.3, -0.25) is 0 Å². The van der Waals surface area contributed by atoms with Crippen LogP contribution in [0.15, 0.2) is 18.2 Å². The van der Waals surface area contributed by atoms with E-state index in [1.807, 2.05) is 18.0 Å². The van der Waals surface area contributed by atoms with Gasteiger partial charge in [0.2, 0.25) is 0 Å². The summed E-state index contributed by atoms with van der Waals surface area (Å²) in [4.78, 5) is 13.1. The van der Waals surface area contributed by atoms with Crippen LogP contribution in [0, 0.1) is 0 Å². The predicted molar refractivity (Wildman–Crippen MR) is 55.8 cm³/mol. The molecule has 0 saturated carbocycles. The molecule has 1 unspecified atom stereocenters. The van der Waals surface area contributed by atoms with Crippen LogP contribution < -0.4 is 9.36 Å². The number of hydrogen-bond donors (Lipinski definition) is 0. The van der Waals surface area contributed by atoms with Crippen LogP contribution in [0.4, 0.5) is 5.69 Å². The van der Waals surface area contributed by atoms with Gasteiger partial charge in [-0.05, 0) is 0 Å². The zero-order valence-corrected chi connectivity index (χ0v) is 9.82. The molecule has 0 radical (unpaired) electrons. The van der Waals surface area contributed by atoms with Gasteiger partial charge in [-0.15, -0.1) is 0 Å². The fraction of sp³-hybridized carbons (Fsp3) is 0.300. The van der Waals surface area contributed by atoms with Gasteiger partial charge in [0, 0.05) is 0 Å². The van der Waals surface area contributed by atoms with Crippen molar-refractivity contribution in [2.45, 2.75) is 6.92 Å². The van der Waals surface area contributed by atoms with E-state index in [1.54, 1.807) is 12.1 Å². The van der Waals surface area contributed by atoms with Crippen molar-refractivity contribution in [2.75, 3.05) is 17.4 Å². The number of rotatable bonds is 1. The molecule has 1 aromatic rings. The fourth-order valence-electron chi connectivity index (χ4n) is 1.55. The molecule has 0 aromatic heterocycles. The molecule has 4 heteroatoms. The van der Waals surface area contributed by atoms with Crippen molar-refractivity contribution in [1.29, 1.82) is 0 Å². The van der Waals surface area contributed by atoms with Gasteiger partial charge in [-0.25, -0.2) is 0 Å². The Labute approximate surface area is 86.8 Å². The van der Waals surface area contributed by atoms with Gasteiger partial charge in [-0.1, -0.05) is 0 Å². The molecule has 74 valence electrons. The molecule has 1 atom stereocenters. The topological polar surface area (TPSA) is 37.4 Å². The van der Waals surface area contributed by atoms with Crippen molar-refractivity contribution >= 4 is 29.8 Å². The van der Waals surface area contributed by atoms with Crippen LogP contribution >= 0.6 is 0 Å². The standard InChI is InChI=1S/C10H11NO2Se/c1-7(12)8-3-4-9-10(5-8)14(13)6-11(9)2/h3-5H,6H2,1-2H3. The Hall–Kier alpha value is -0.991. The average molecular weight is 256 g/mol. The third-order valence-corrected chi connectivity index (χ3v) is 5.35. The Morgan fingerprint density at radius 2 is 2.21 bits per heavy atom. The first-order chi connectivity index (χ1) is 6.59. The minimum atomic E-state index is -1.92. The van der Waals surface area contributed by atoms with Gasteiger partial charge in [-0.2, -0.15) is 0 Å². The van der Waals surface area contributed by atoms with Crippen molar-refractivity contribution in [3.05, 3.63) is 23.8 Å². The molecule has 0 amide bonds. The van der Waals surface area contributed by atoms with Crippen molar-refractivity contribution < 1.29 is 8.63 Å². The first-order valence-corrected chi connectivity index (χ1v) is 7.11. The van der Waals surface area contributed by atoms with Crippen molar-refractivity contribution in [3.63, 3.8) is 0 Å². The molecule has 0 saturated heterocycles. The summed E-state index contributed by atoms with van der Waals surface area (Å²) in [6, 6.07) is 5.45. The maximum absolute atomic E-state index is 11.7. The number of fused-ring (bicyclic) bond motifs is 1. The van der Waals surface area contributed by atoms with E-state index in [2.05, 4.69) is 0 Å². The van der Waals surface area contributed by atoms with Crippen LogP contribution in [-0.2, 0) is 3.83 Å². The van der Waals surface area contributed by atoms with E-state index >= 15 is 0 Å². The van der Waals surface area contributed by atoms with Crippen LogP contribution in [0.2, 0.25) is 0 Å². The fourth-order valence-corrected chi connectivity index (χ4v) is 4.37. The van der Waals surface area contributed by atoms with Gasteiger partial charge < -0.3 is 0 Å². The predicted octanol–water partition coefficient (Wildman–Crippen LogP) is 0.507. The van der Waals surface area contributed by atoms with Gasteiger partial charge in [0.15, 0.2) is 0 Å². The summed E-state index contributed by atoms with van der Waals surface area (Å²) >= 11 is -1.92. The molecule has 1 aromatic carbocycles. The quantitative estimate of drug-likeness (QED) is 0.542. The van der Waals surface area contributed by atoms with E-state index < -0.39 is 13.8 Å². The molecule has 0 fully saturated rings. The number of carbonyl (C=O) groups is 1. The first kappa shape index (κ1) is 9.56. The number of Topliss-reactive ketones (excluding diaryl/α,β-unsaturated/α-hetero) is 1. The maximum atomic E-state index is 11.7. The van der Waals surface area contributed by atoms with E-state index in [-0.39, 0.29) is 5.78 Å².